The highest BCUT2D eigenvalue weighted by Crippen LogP contribution is 2.29. The summed E-state index contributed by atoms with van der Waals surface area (Å²) in [7, 11) is -4.60. The summed E-state index contributed by atoms with van der Waals surface area (Å²) in [5.41, 5.74) is 7.22. The largest absolute Gasteiger partial charge is 0.392 e. The summed E-state index contributed by atoms with van der Waals surface area (Å²) in [4.78, 5) is 68.0. The highest BCUT2D eigenvalue weighted by molar-refractivity contribution is 7.86. The fourth-order valence-electron chi connectivity index (χ4n) is 10.1. The van der Waals surface area contributed by atoms with Gasteiger partial charge in [0.1, 0.15) is 21.8 Å². The van der Waals surface area contributed by atoms with Crippen molar-refractivity contribution >= 4 is 49.6 Å². The van der Waals surface area contributed by atoms with Crippen molar-refractivity contribution in [1.29, 1.82) is 0 Å². The molecule has 0 fully saturated rings. The Balaban J connectivity index is 0.000000150. The molecule has 0 amide bonds. The number of fused-ring (bicyclic) bond motifs is 1. The van der Waals surface area contributed by atoms with E-state index in [0.717, 1.165) is 22.3 Å². The molecule has 9 aromatic carbocycles. The highest BCUT2D eigenvalue weighted by Gasteiger charge is 2.33. The molecule has 0 aliphatic heterocycles. The molecule has 13 aromatic rings. The van der Waals surface area contributed by atoms with Crippen LogP contribution in [0.1, 0.15) is 27.8 Å². The number of para-hydroxylation sites is 1. The number of nitro groups is 5. The number of nitro benzene ring substituents is 5. The summed E-state index contributed by atoms with van der Waals surface area (Å²) in [5.74, 6) is 0.674. The van der Waals surface area contributed by atoms with Crippen LogP contribution in [0.5, 0.6) is 0 Å². The number of aliphatic hydroxyl groups excluding tert-OH is 3. The Kier molecular flexibility index (Phi) is 19.0. The second-order valence-corrected chi connectivity index (χ2v) is 22.7. The van der Waals surface area contributed by atoms with Crippen LogP contribution in [0.4, 0.5) is 28.4 Å². The van der Waals surface area contributed by atoms with Crippen LogP contribution in [0, 0.1) is 64.4 Å². The van der Waals surface area contributed by atoms with Gasteiger partial charge in [-0.05, 0) is 135 Å². The SMILES string of the molecule is Cc1ccc(-c2nn(-c3ccc([N+](=O)[O-])cc3)[n+](-c3ccc([N+](=O)[O-])cc3CO)n2)cc1.Cc1cccc(-c2nn(-c3ccc([N+](=O)[O-])cc3)[n+](-c3ccc([N+](=O)[O-])cc3CO)n2)c1.O=[N+]([O-])c1ccc(-[n+]2nc(-c3ccccc3S(=O)(=O)O)nn2-c2cccc3[nH]cnc23)c(CO)c1. The molecular weight excluding hydrogens is 1310 g/mol. The van der Waals surface area contributed by atoms with Gasteiger partial charge in [0.25, 0.3) is 38.6 Å². The molecule has 0 unspecified atom stereocenters. The van der Waals surface area contributed by atoms with Crippen LogP contribution in [-0.2, 0) is 29.9 Å². The van der Waals surface area contributed by atoms with Gasteiger partial charge in [-0.1, -0.05) is 53.6 Å². The zero-order valence-corrected chi connectivity index (χ0v) is 52.1. The number of benzene rings is 9. The van der Waals surface area contributed by atoms with Crippen LogP contribution >= 0.6 is 0 Å². The number of nitrogens with zero attached hydrogens (tertiary/aromatic N) is 18. The molecular formula is C63H50N19O16S+3. The number of imidazole rings is 1. The molecule has 13 rings (SSSR count). The summed E-state index contributed by atoms with van der Waals surface area (Å²) in [6.45, 7) is 2.43. The molecule has 0 aliphatic carbocycles. The Hall–Kier alpha value is -13.6. The number of aromatic nitrogens is 14. The van der Waals surface area contributed by atoms with E-state index >= 15 is 0 Å². The van der Waals surface area contributed by atoms with E-state index in [1.165, 1.54) is 156 Å². The van der Waals surface area contributed by atoms with E-state index < -0.39 is 59.5 Å². The maximum absolute atomic E-state index is 12.0. The van der Waals surface area contributed by atoms with Gasteiger partial charge < -0.3 is 20.3 Å². The zero-order valence-electron chi connectivity index (χ0n) is 51.3. The summed E-state index contributed by atoms with van der Waals surface area (Å²) in [6.07, 6.45) is 1.50. The Labute approximate surface area is 555 Å². The number of H-pyrrole nitrogens is 1. The average molecular weight is 1360 g/mol. The number of aliphatic hydroxyl groups is 3. The van der Waals surface area contributed by atoms with Gasteiger partial charge in [-0.2, -0.15) is 8.42 Å². The Morgan fingerprint density at radius 2 is 0.869 bits per heavy atom. The summed E-state index contributed by atoms with van der Waals surface area (Å²) in [6, 6.07) is 49.4. The number of tetrazole rings is 3. The van der Waals surface area contributed by atoms with Crippen LogP contribution in [0.3, 0.4) is 0 Å². The predicted molar refractivity (Wildman–Crippen MR) is 345 cm³/mol. The van der Waals surface area contributed by atoms with E-state index in [0.29, 0.717) is 51.1 Å². The predicted octanol–water partition coefficient (Wildman–Crippen LogP) is 7.39. The first-order valence-corrected chi connectivity index (χ1v) is 30.4. The number of hydrogen-bond donors (Lipinski definition) is 5. The number of non-ortho nitro benzene ring substituents is 5. The van der Waals surface area contributed by atoms with Crippen molar-refractivity contribution in [3.8, 4) is 68.3 Å². The minimum Gasteiger partial charge on any atom is -0.392 e. The smallest absolute Gasteiger partial charge is 0.341 e. The number of rotatable bonds is 18. The molecule has 496 valence electrons. The van der Waals surface area contributed by atoms with Gasteiger partial charge in [0.2, 0.25) is 0 Å². The van der Waals surface area contributed by atoms with Gasteiger partial charge in [-0.3, -0.25) is 55.1 Å². The Morgan fingerprint density at radius 3 is 1.32 bits per heavy atom. The van der Waals surface area contributed by atoms with Crippen molar-refractivity contribution in [3.05, 3.63) is 279 Å². The first-order valence-electron chi connectivity index (χ1n) is 29.0. The number of nitrogens with one attached hydrogen (secondary N) is 1. The number of hydrogen-bond acceptors (Lipinski definition) is 22. The minimum absolute atomic E-state index is 0.0316. The molecule has 35 nitrogen and oxygen atoms in total. The lowest BCUT2D eigenvalue weighted by Gasteiger charge is -2.05. The number of aromatic amines is 1. The lowest BCUT2D eigenvalue weighted by Crippen LogP contribution is -2.44. The van der Waals surface area contributed by atoms with Crippen LogP contribution in [0.25, 0.3) is 79.3 Å². The highest BCUT2D eigenvalue weighted by atomic mass is 32.2. The van der Waals surface area contributed by atoms with Crippen LogP contribution in [-0.4, -0.2) is 108 Å². The summed E-state index contributed by atoms with van der Waals surface area (Å²) < 4.78 is 33.7. The van der Waals surface area contributed by atoms with Crippen LogP contribution in [0.2, 0.25) is 0 Å². The topological polar surface area (TPSA) is 463 Å². The first-order chi connectivity index (χ1) is 47.5. The first kappa shape index (κ1) is 66.9. The minimum atomic E-state index is -4.60. The lowest BCUT2D eigenvalue weighted by atomic mass is 10.1. The Morgan fingerprint density at radius 1 is 0.444 bits per heavy atom. The third kappa shape index (κ3) is 14.3. The second-order valence-electron chi connectivity index (χ2n) is 21.3. The van der Waals surface area contributed by atoms with Gasteiger partial charge in [0, 0.05) is 91.7 Å². The quantitative estimate of drug-likeness (QED) is 0.0242. The molecule has 0 saturated heterocycles. The van der Waals surface area contributed by atoms with E-state index in [-0.39, 0.29) is 62.2 Å². The van der Waals surface area contributed by atoms with E-state index in [4.69, 9.17) is 0 Å². The van der Waals surface area contributed by atoms with Crippen molar-refractivity contribution in [2.24, 2.45) is 0 Å². The average Bonchev–Trinajstić information content (AvgIpc) is 1.59. The molecule has 0 aliphatic rings. The van der Waals surface area contributed by atoms with Crippen molar-refractivity contribution in [2.45, 2.75) is 38.6 Å². The fourth-order valence-corrected chi connectivity index (χ4v) is 10.7. The van der Waals surface area contributed by atoms with Crippen molar-refractivity contribution in [3.63, 3.8) is 0 Å². The molecule has 0 spiro atoms. The van der Waals surface area contributed by atoms with Gasteiger partial charge in [0.05, 0.1) is 88.3 Å². The third-order valence-corrected chi connectivity index (χ3v) is 15.8. The van der Waals surface area contributed by atoms with Crippen LogP contribution in [0.15, 0.2) is 205 Å². The van der Waals surface area contributed by atoms with E-state index in [9.17, 15) is 78.9 Å². The monoisotopic (exact) mass is 1360 g/mol. The van der Waals surface area contributed by atoms with Gasteiger partial charge in [-0.25, -0.2) is 4.98 Å². The molecule has 0 saturated carbocycles. The van der Waals surface area contributed by atoms with Gasteiger partial charge in [0.15, 0.2) is 22.7 Å². The molecule has 0 atom stereocenters. The van der Waals surface area contributed by atoms with Crippen molar-refractivity contribution in [2.75, 3.05) is 0 Å². The maximum atomic E-state index is 12.0. The maximum Gasteiger partial charge on any atom is 0.341 e. The zero-order chi connectivity index (χ0) is 70.4. The molecule has 99 heavy (non-hydrogen) atoms. The standard InChI is InChI=1S/C21H15N7O6S.2C21H17N6O5/c29-11-13-10-14(28(30)31)8-9-17(13)26-24-21(15-4-1-2-7-19(15)35(32,33)34)25-27(26)18-6-3-5-16-20(18)23-12-22-16;1-14-2-4-15(5-3-14)21-22-24(17-6-8-18(9-7-17)26(29)30)25(23-21)20-11-10-19(27(31)32)12-16(20)13-28;1-14-3-2-4-15(11-14)21-22-24(17-5-7-18(8-6-17)26(29)30)25(23-21)20-10-9-19(27(31)32)12-16(20)13-28/h1-10,12,29H,11H2,(H-,22,23,32,33,34);2*2-12,28H,13H2,1H3/q;2*+1/p+1. The Bertz CT molecular complexity index is 5410. The molecule has 0 bridgehead atoms. The second kappa shape index (κ2) is 28.2. The number of aryl methyl sites for hydroxylation is 2. The molecule has 4 heterocycles. The normalized spacial score (nSPS) is 11.1. The molecule has 0 radical (unpaired) electrons. The third-order valence-electron chi connectivity index (χ3n) is 14.9. The molecule has 4 aromatic heterocycles. The van der Waals surface area contributed by atoms with E-state index in [1.807, 2.05) is 62.4 Å². The van der Waals surface area contributed by atoms with E-state index in [2.05, 4.69) is 40.6 Å². The molecule has 36 heteroatoms. The van der Waals surface area contributed by atoms with Gasteiger partial charge in [-0.15, -0.1) is 0 Å². The van der Waals surface area contributed by atoms with Crippen LogP contribution < -0.4 is 14.4 Å². The fraction of sp³-hybridized carbons (Fsp3) is 0.0794. The van der Waals surface area contributed by atoms with Gasteiger partial charge >= 0.3 is 17.5 Å². The van der Waals surface area contributed by atoms with Crippen molar-refractivity contribution < 1.29 is 67.3 Å². The lowest BCUT2D eigenvalue weighted by molar-refractivity contribution is -0.735. The van der Waals surface area contributed by atoms with Crippen molar-refractivity contribution in [1.82, 2.24) is 54.9 Å². The summed E-state index contributed by atoms with van der Waals surface area (Å²) in [5, 5.41) is 112. The summed E-state index contributed by atoms with van der Waals surface area (Å²) >= 11 is 0. The molecule has 5 N–H and O–H groups in total. The van der Waals surface area contributed by atoms with E-state index in [1.54, 1.807) is 24.3 Å².